The Kier molecular flexibility index (Phi) is 5.19. The van der Waals surface area contributed by atoms with Gasteiger partial charge < -0.3 is 14.6 Å². The molecule has 6 heteroatoms. The Hall–Kier alpha value is -2.83. The second kappa shape index (κ2) is 8.13. The fourth-order valence-corrected chi connectivity index (χ4v) is 4.35. The van der Waals surface area contributed by atoms with Gasteiger partial charge in [0.1, 0.15) is 18.1 Å². The zero-order chi connectivity index (χ0) is 20.5. The molecule has 0 bridgehead atoms. The molecule has 0 aliphatic carbocycles. The SMILES string of the molecule is OCCOc1ccc(C2Oc3ccc(Br)cc3C3CC(c4ccccc4)=NN32)cc1. The first-order chi connectivity index (χ1) is 14.7. The van der Waals surface area contributed by atoms with Crippen LogP contribution in [-0.2, 0) is 0 Å². The predicted octanol–water partition coefficient (Wildman–Crippen LogP) is 5.06. The minimum Gasteiger partial charge on any atom is -0.491 e. The molecule has 2 aliphatic rings. The average Bonchev–Trinajstić information content (AvgIpc) is 3.24. The molecule has 0 radical (unpaired) electrons. The van der Waals surface area contributed by atoms with Gasteiger partial charge in [-0.25, -0.2) is 5.01 Å². The summed E-state index contributed by atoms with van der Waals surface area (Å²) in [5, 5.41) is 16.0. The van der Waals surface area contributed by atoms with Crippen LogP contribution in [0.4, 0.5) is 0 Å². The first-order valence-electron chi connectivity index (χ1n) is 9.94. The molecular formula is C24H21BrN2O3. The van der Waals surface area contributed by atoms with Gasteiger partial charge in [0.15, 0.2) is 0 Å². The number of hydrogen-bond donors (Lipinski definition) is 1. The summed E-state index contributed by atoms with van der Waals surface area (Å²) in [6.07, 6.45) is 0.502. The molecule has 0 saturated carbocycles. The minimum atomic E-state index is -0.322. The maximum absolute atomic E-state index is 8.95. The molecule has 1 N–H and O–H groups in total. The highest BCUT2D eigenvalue weighted by atomic mass is 79.9. The van der Waals surface area contributed by atoms with Gasteiger partial charge in [0, 0.05) is 22.0 Å². The lowest BCUT2D eigenvalue weighted by molar-refractivity contribution is -0.0191. The van der Waals surface area contributed by atoms with E-state index >= 15 is 0 Å². The van der Waals surface area contributed by atoms with E-state index in [0.29, 0.717) is 0 Å². The van der Waals surface area contributed by atoms with Crippen molar-refractivity contribution >= 4 is 21.6 Å². The van der Waals surface area contributed by atoms with Crippen LogP contribution in [0, 0.1) is 0 Å². The van der Waals surface area contributed by atoms with Gasteiger partial charge in [0.25, 0.3) is 0 Å². The Balaban J connectivity index is 1.52. The van der Waals surface area contributed by atoms with Crippen LogP contribution >= 0.6 is 15.9 Å². The molecule has 152 valence electrons. The molecule has 5 nitrogen and oxygen atoms in total. The number of fused-ring (bicyclic) bond motifs is 3. The summed E-state index contributed by atoms with van der Waals surface area (Å²) in [6, 6.07) is 24.3. The smallest absolute Gasteiger partial charge is 0.213 e. The Labute approximate surface area is 183 Å². The van der Waals surface area contributed by atoms with Crippen molar-refractivity contribution in [2.45, 2.75) is 18.7 Å². The van der Waals surface area contributed by atoms with E-state index < -0.39 is 0 Å². The molecule has 5 rings (SSSR count). The zero-order valence-corrected chi connectivity index (χ0v) is 17.8. The summed E-state index contributed by atoms with van der Waals surface area (Å²) in [7, 11) is 0. The third kappa shape index (κ3) is 3.57. The quantitative estimate of drug-likeness (QED) is 0.572. The standard InChI is InChI=1S/C24H21BrN2O3/c25-18-8-11-23-20(14-18)22-15-21(16-4-2-1-3-5-16)26-27(22)24(30-23)17-6-9-19(10-7-17)29-13-12-28/h1-11,14,22,24,28H,12-13,15H2. The fourth-order valence-electron chi connectivity index (χ4n) is 3.98. The Morgan fingerprint density at radius 3 is 2.63 bits per heavy atom. The van der Waals surface area contributed by atoms with Gasteiger partial charge in [-0.05, 0) is 48.0 Å². The van der Waals surface area contributed by atoms with Crippen molar-refractivity contribution in [3.63, 3.8) is 0 Å². The average molecular weight is 465 g/mol. The predicted molar refractivity (Wildman–Crippen MR) is 119 cm³/mol. The first kappa shape index (κ1) is 19.2. The van der Waals surface area contributed by atoms with Crippen LogP contribution in [0.5, 0.6) is 11.5 Å². The number of rotatable bonds is 5. The van der Waals surface area contributed by atoms with Crippen LogP contribution in [0.2, 0.25) is 0 Å². The Morgan fingerprint density at radius 2 is 1.87 bits per heavy atom. The Morgan fingerprint density at radius 1 is 1.07 bits per heavy atom. The van der Waals surface area contributed by atoms with Crippen LogP contribution < -0.4 is 9.47 Å². The first-order valence-corrected chi connectivity index (χ1v) is 10.7. The van der Waals surface area contributed by atoms with Crippen LogP contribution in [0.1, 0.15) is 35.4 Å². The van der Waals surface area contributed by atoms with Gasteiger partial charge in [-0.1, -0.05) is 46.3 Å². The summed E-state index contributed by atoms with van der Waals surface area (Å²) in [5.41, 5.74) is 4.33. The molecule has 0 amide bonds. The third-order valence-corrected chi connectivity index (χ3v) is 5.88. The lowest BCUT2D eigenvalue weighted by Gasteiger charge is -2.38. The van der Waals surface area contributed by atoms with E-state index in [9.17, 15) is 0 Å². The lowest BCUT2D eigenvalue weighted by atomic mass is 9.96. The molecule has 30 heavy (non-hydrogen) atoms. The Bertz CT molecular complexity index is 1070. The summed E-state index contributed by atoms with van der Waals surface area (Å²) in [4.78, 5) is 0. The highest BCUT2D eigenvalue weighted by molar-refractivity contribution is 9.10. The molecule has 0 spiro atoms. The van der Waals surface area contributed by atoms with Crippen LogP contribution in [-0.4, -0.2) is 29.0 Å². The molecule has 2 heterocycles. The molecule has 0 aromatic heterocycles. The number of ether oxygens (including phenoxy) is 2. The van der Waals surface area contributed by atoms with Gasteiger partial charge >= 0.3 is 0 Å². The van der Waals surface area contributed by atoms with Crippen molar-refractivity contribution in [3.05, 3.63) is 94.0 Å². The third-order valence-electron chi connectivity index (χ3n) is 5.38. The highest BCUT2D eigenvalue weighted by Gasteiger charge is 2.41. The largest absolute Gasteiger partial charge is 0.491 e. The van der Waals surface area contributed by atoms with E-state index in [2.05, 4.69) is 39.1 Å². The van der Waals surface area contributed by atoms with Crippen molar-refractivity contribution in [2.24, 2.45) is 5.10 Å². The number of hydrogen-bond acceptors (Lipinski definition) is 5. The molecule has 3 aromatic carbocycles. The molecule has 3 aromatic rings. The molecule has 2 unspecified atom stereocenters. The molecular weight excluding hydrogens is 444 g/mol. The fraction of sp³-hybridized carbons (Fsp3) is 0.208. The second-order valence-corrected chi connectivity index (χ2v) is 8.22. The molecule has 0 fully saturated rings. The summed E-state index contributed by atoms with van der Waals surface area (Å²) < 4.78 is 12.9. The maximum atomic E-state index is 8.95. The van der Waals surface area contributed by atoms with Crippen molar-refractivity contribution in [1.82, 2.24) is 5.01 Å². The van der Waals surface area contributed by atoms with Crippen LogP contribution in [0.15, 0.2) is 82.4 Å². The molecule has 2 atom stereocenters. The number of aliphatic hydroxyl groups is 1. The van der Waals surface area contributed by atoms with Crippen molar-refractivity contribution < 1.29 is 14.6 Å². The van der Waals surface area contributed by atoms with Gasteiger partial charge in [0.05, 0.1) is 18.4 Å². The van der Waals surface area contributed by atoms with E-state index in [-0.39, 0.29) is 25.5 Å². The van der Waals surface area contributed by atoms with Crippen molar-refractivity contribution in [2.75, 3.05) is 13.2 Å². The van der Waals surface area contributed by atoms with E-state index in [4.69, 9.17) is 19.7 Å². The number of halogens is 1. The van der Waals surface area contributed by atoms with Gasteiger partial charge in [-0.3, -0.25) is 0 Å². The zero-order valence-electron chi connectivity index (χ0n) is 16.2. The summed E-state index contributed by atoms with van der Waals surface area (Å²) >= 11 is 3.59. The number of hydrazone groups is 1. The monoisotopic (exact) mass is 464 g/mol. The van der Waals surface area contributed by atoms with Crippen LogP contribution in [0.25, 0.3) is 0 Å². The van der Waals surface area contributed by atoms with E-state index in [1.54, 1.807) is 0 Å². The number of aliphatic hydroxyl groups excluding tert-OH is 1. The maximum Gasteiger partial charge on any atom is 0.213 e. The van der Waals surface area contributed by atoms with Crippen molar-refractivity contribution in [1.29, 1.82) is 0 Å². The van der Waals surface area contributed by atoms with Crippen molar-refractivity contribution in [3.8, 4) is 11.5 Å². The van der Waals surface area contributed by atoms with Crippen LogP contribution in [0.3, 0.4) is 0 Å². The highest BCUT2D eigenvalue weighted by Crippen LogP contribution is 2.48. The normalized spacial score (nSPS) is 19.5. The number of benzene rings is 3. The molecule has 2 aliphatic heterocycles. The number of nitrogens with zero attached hydrogens (tertiary/aromatic N) is 2. The summed E-state index contributed by atoms with van der Waals surface area (Å²) in [5.74, 6) is 1.61. The molecule has 0 saturated heterocycles. The van der Waals surface area contributed by atoms with Gasteiger partial charge in [-0.15, -0.1) is 0 Å². The minimum absolute atomic E-state index is 0.00767. The lowest BCUT2D eigenvalue weighted by Crippen LogP contribution is -2.33. The topological polar surface area (TPSA) is 54.3 Å². The van der Waals surface area contributed by atoms with E-state index in [1.165, 1.54) is 0 Å². The second-order valence-electron chi connectivity index (χ2n) is 7.31. The summed E-state index contributed by atoms with van der Waals surface area (Å²) in [6.45, 7) is 0.271. The van der Waals surface area contributed by atoms with Gasteiger partial charge in [-0.2, -0.15) is 5.10 Å². The van der Waals surface area contributed by atoms with E-state index in [1.807, 2.05) is 54.6 Å². The van der Waals surface area contributed by atoms with Gasteiger partial charge in [0.2, 0.25) is 6.23 Å². The van der Waals surface area contributed by atoms with E-state index in [0.717, 1.165) is 44.8 Å².